The molecule has 1 aliphatic carbocycles. The zero-order chi connectivity index (χ0) is 13.7. The number of aromatic nitrogens is 2. The van der Waals surface area contributed by atoms with Crippen LogP contribution in [-0.4, -0.2) is 41.6 Å². The quantitative estimate of drug-likeness (QED) is 0.903. The van der Waals surface area contributed by atoms with Crippen molar-refractivity contribution in [3.05, 3.63) is 17.8 Å². The van der Waals surface area contributed by atoms with Crippen LogP contribution in [0.25, 0.3) is 0 Å². The van der Waals surface area contributed by atoms with Crippen molar-refractivity contribution in [3.63, 3.8) is 0 Å². The maximum absolute atomic E-state index is 12.2. The molecule has 1 saturated carbocycles. The molecule has 0 radical (unpaired) electrons. The van der Waals surface area contributed by atoms with Gasteiger partial charge in [0.05, 0.1) is 0 Å². The molecule has 2 rings (SSSR count). The molecule has 0 aliphatic heterocycles. The number of anilines is 1. The minimum atomic E-state index is -0.0410. The molecule has 104 valence electrons. The Labute approximate surface area is 114 Å². The number of nitrogens with zero attached hydrogens (tertiary/aromatic N) is 3. The van der Waals surface area contributed by atoms with Crippen LogP contribution in [0.3, 0.4) is 0 Å². The van der Waals surface area contributed by atoms with Crippen LogP contribution in [0, 0.1) is 5.92 Å². The average Bonchev–Trinajstić information content (AvgIpc) is 2.47. The third kappa shape index (κ3) is 3.66. The Morgan fingerprint density at radius 1 is 1.32 bits per heavy atom. The van der Waals surface area contributed by atoms with Gasteiger partial charge in [-0.2, -0.15) is 0 Å². The molecule has 1 fully saturated rings. The average molecular weight is 262 g/mol. The van der Waals surface area contributed by atoms with Crippen LogP contribution in [0.15, 0.2) is 12.1 Å². The van der Waals surface area contributed by atoms with E-state index in [1.807, 2.05) is 7.05 Å². The number of amides is 1. The van der Waals surface area contributed by atoms with Crippen LogP contribution in [-0.2, 0) is 0 Å². The van der Waals surface area contributed by atoms with Gasteiger partial charge in [0.15, 0.2) is 5.69 Å². The highest BCUT2D eigenvalue weighted by Gasteiger charge is 2.20. The fourth-order valence-corrected chi connectivity index (χ4v) is 2.62. The molecule has 0 aromatic carbocycles. The molecule has 0 unspecified atom stereocenters. The lowest BCUT2D eigenvalue weighted by Crippen LogP contribution is -2.33. The first-order valence-corrected chi connectivity index (χ1v) is 6.97. The smallest absolute Gasteiger partial charge is 0.274 e. The molecule has 0 bridgehead atoms. The second-order valence-corrected chi connectivity index (χ2v) is 5.24. The zero-order valence-corrected chi connectivity index (χ0v) is 11.7. The third-order valence-electron chi connectivity index (χ3n) is 3.74. The molecule has 5 heteroatoms. The molecule has 1 N–H and O–H groups in total. The van der Waals surface area contributed by atoms with Crippen molar-refractivity contribution in [2.75, 3.05) is 26.0 Å². The molecule has 5 nitrogen and oxygen atoms in total. The summed E-state index contributed by atoms with van der Waals surface area (Å²) in [6.45, 7) is 0.828. The van der Waals surface area contributed by atoms with Crippen molar-refractivity contribution in [3.8, 4) is 0 Å². The Hall–Kier alpha value is -1.65. The Morgan fingerprint density at radius 3 is 2.63 bits per heavy atom. The van der Waals surface area contributed by atoms with Crippen molar-refractivity contribution in [1.82, 2.24) is 15.1 Å². The van der Waals surface area contributed by atoms with Gasteiger partial charge >= 0.3 is 0 Å². The van der Waals surface area contributed by atoms with E-state index >= 15 is 0 Å². The van der Waals surface area contributed by atoms with Crippen molar-refractivity contribution in [1.29, 1.82) is 0 Å². The van der Waals surface area contributed by atoms with E-state index in [0.717, 1.165) is 6.54 Å². The van der Waals surface area contributed by atoms with Gasteiger partial charge < -0.3 is 10.2 Å². The molecule has 1 aliphatic rings. The molecular formula is C14H22N4O. The predicted octanol–water partition coefficient (Wildman–Crippen LogP) is 2.17. The predicted molar refractivity (Wildman–Crippen MR) is 75.1 cm³/mol. The molecule has 19 heavy (non-hydrogen) atoms. The van der Waals surface area contributed by atoms with E-state index in [9.17, 15) is 4.79 Å². The van der Waals surface area contributed by atoms with Crippen LogP contribution >= 0.6 is 0 Å². The number of carbonyl (C=O) groups is 1. The number of carbonyl (C=O) groups excluding carboxylic acids is 1. The highest BCUT2D eigenvalue weighted by Crippen LogP contribution is 2.24. The van der Waals surface area contributed by atoms with Gasteiger partial charge in [0.25, 0.3) is 5.91 Å². The fourth-order valence-electron chi connectivity index (χ4n) is 2.62. The third-order valence-corrected chi connectivity index (χ3v) is 3.74. The number of hydrogen-bond donors (Lipinski definition) is 1. The Balaban J connectivity index is 1.93. The van der Waals surface area contributed by atoms with Crippen LogP contribution < -0.4 is 5.32 Å². The van der Waals surface area contributed by atoms with Gasteiger partial charge in [0.1, 0.15) is 5.82 Å². The van der Waals surface area contributed by atoms with Crippen molar-refractivity contribution in [2.24, 2.45) is 5.92 Å². The number of rotatable bonds is 4. The van der Waals surface area contributed by atoms with Crippen LogP contribution in [0.1, 0.15) is 42.6 Å². The summed E-state index contributed by atoms with van der Waals surface area (Å²) < 4.78 is 0. The lowest BCUT2D eigenvalue weighted by Gasteiger charge is -2.26. The maximum atomic E-state index is 12.2. The normalized spacial score (nSPS) is 16.1. The van der Waals surface area contributed by atoms with Crippen LogP contribution in [0.2, 0.25) is 0 Å². The maximum Gasteiger partial charge on any atom is 0.274 e. The first kappa shape index (κ1) is 13.8. The number of hydrogen-bond acceptors (Lipinski definition) is 4. The van der Waals surface area contributed by atoms with Gasteiger partial charge in [0, 0.05) is 20.6 Å². The summed E-state index contributed by atoms with van der Waals surface area (Å²) in [7, 11) is 3.63. The van der Waals surface area contributed by atoms with E-state index in [2.05, 4.69) is 15.5 Å². The summed E-state index contributed by atoms with van der Waals surface area (Å²) in [6.07, 6.45) is 6.40. The first-order valence-electron chi connectivity index (χ1n) is 6.97. The van der Waals surface area contributed by atoms with Crippen LogP contribution in [0.5, 0.6) is 0 Å². The molecule has 1 aromatic rings. The van der Waals surface area contributed by atoms with E-state index in [0.29, 0.717) is 17.4 Å². The zero-order valence-electron chi connectivity index (χ0n) is 11.7. The topological polar surface area (TPSA) is 58.1 Å². The summed E-state index contributed by atoms with van der Waals surface area (Å²) in [5.41, 5.74) is 0.414. The van der Waals surface area contributed by atoms with Crippen molar-refractivity contribution >= 4 is 11.7 Å². The molecule has 0 atom stereocenters. The van der Waals surface area contributed by atoms with Crippen LogP contribution in [0.4, 0.5) is 5.82 Å². The van der Waals surface area contributed by atoms with E-state index in [-0.39, 0.29) is 5.91 Å². The molecule has 1 aromatic heterocycles. The molecule has 0 saturated heterocycles. The fraction of sp³-hybridized carbons (Fsp3) is 0.643. The molecular weight excluding hydrogens is 240 g/mol. The van der Waals surface area contributed by atoms with E-state index < -0.39 is 0 Å². The van der Waals surface area contributed by atoms with Gasteiger partial charge in [-0.15, -0.1) is 10.2 Å². The van der Waals surface area contributed by atoms with Crippen molar-refractivity contribution in [2.45, 2.75) is 32.1 Å². The van der Waals surface area contributed by atoms with E-state index in [1.54, 1.807) is 24.1 Å². The monoisotopic (exact) mass is 262 g/mol. The second-order valence-electron chi connectivity index (χ2n) is 5.24. The van der Waals surface area contributed by atoms with Gasteiger partial charge in [-0.25, -0.2) is 0 Å². The summed E-state index contributed by atoms with van der Waals surface area (Å²) in [4.78, 5) is 14.0. The SMILES string of the molecule is CNc1ccc(C(=O)N(C)CC2CCCCC2)nn1. The highest BCUT2D eigenvalue weighted by atomic mass is 16.2. The Kier molecular flexibility index (Phi) is 4.71. The summed E-state index contributed by atoms with van der Waals surface area (Å²) >= 11 is 0. The minimum Gasteiger partial charge on any atom is -0.372 e. The second kappa shape index (κ2) is 6.50. The summed E-state index contributed by atoms with van der Waals surface area (Å²) in [5.74, 6) is 1.28. The van der Waals surface area contributed by atoms with Gasteiger partial charge in [-0.1, -0.05) is 19.3 Å². The standard InChI is InChI=1S/C14H22N4O/c1-15-13-9-8-12(16-17-13)14(19)18(2)10-11-6-4-3-5-7-11/h8-9,11H,3-7,10H2,1-2H3,(H,15,17). The Bertz CT molecular complexity index is 412. The highest BCUT2D eigenvalue weighted by molar-refractivity contribution is 5.92. The Morgan fingerprint density at radius 2 is 2.05 bits per heavy atom. The van der Waals surface area contributed by atoms with E-state index in [4.69, 9.17) is 0 Å². The van der Waals surface area contributed by atoms with Gasteiger partial charge in [-0.3, -0.25) is 4.79 Å². The molecule has 1 amide bonds. The first-order chi connectivity index (χ1) is 9.20. The van der Waals surface area contributed by atoms with Gasteiger partial charge in [0.2, 0.25) is 0 Å². The summed E-state index contributed by atoms with van der Waals surface area (Å²) in [5, 5.41) is 10.8. The van der Waals surface area contributed by atoms with Gasteiger partial charge in [-0.05, 0) is 30.9 Å². The van der Waals surface area contributed by atoms with Crippen molar-refractivity contribution < 1.29 is 4.79 Å². The largest absolute Gasteiger partial charge is 0.372 e. The van der Waals surface area contributed by atoms with E-state index in [1.165, 1.54) is 32.1 Å². The molecule has 1 heterocycles. The lowest BCUT2D eigenvalue weighted by molar-refractivity contribution is 0.0753. The number of nitrogens with one attached hydrogen (secondary N) is 1. The molecule has 0 spiro atoms. The minimum absolute atomic E-state index is 0.0410. The summed E-state index contributed by atoms with van der Waals surface area (Å²) in [6, 6.07) is 3.49. The lowest BCUT2D eigenvalue weighted by atomic mass is 9.89.